The van der Waals surface area contributed by atoms with Gasteiger partial charge in [-0.05, 0) is 74.0 Å². The predicted octanol–water partition coefficient (Wildman–Crippen LogP) is 7.30. The van der Waals surface area contributed by atoms with Gasteiger partial charge in [-0.25, -0.2) is 17.6 Å². The third-order valence-corrected chi connectivity index (χ3v) is 9.73. The summed E-state index contributed by atoms with van der Waals surface area (Å²) >= 11 is 12.3. The molecule has 1 aliphatic rings. The molecule has 4 aromatic rings. The number of rotatable bonds is 9. The van der Waals surface area contributed by atoms with Crippen LogP contribution in [0.4, 0.5) is 10.1 Å². The predicted molar refractivity (Wildman–Crippen MR) is 169 cm³/mol. The largest absolute Gasteiger partial charge is 0.465 e. The van der Waals surface area contributed by atoms with Crippen LogP contribution in [0.3, 0.4) is 0 Å². The summed E-state index contributed by atoms with van der Waals surface area (Å²) in [7, 11) is -2.84. The number of halogens is 3. The maximum absolute atomic E-state index is 14.7. The summed E-state index contributed by atoms with van der Waals surface area (Å²) in [6.07, 6.45) is 1.35. The third-order valence-electron chi connectivity index (χ3n) is 7.19. The van der Waals surface area contributed by atoms with Crippen LogP contribution in [0.25, 0.3) is 6.08 Å². The van der Waals surface area contributed by atoms with E-state index >= 15 is 0 Å². The molecular formula is C33H27Cl2FN2O6S. The third kappa shape index (κ3) is 6.60. The van der Waals surface area contributed by atoms with Crippen LogP contribution >= 0.6 is 23.2 Å². The SMILES string of the molecule is COC(=O)C1=C(C)N(c2ccccc2F)C(=O)/C1=C/c1ccc(CN(Cc2ccc(Cl)c(Cl)c2)S(=O)(=O)c2ccc(C)cc2)o1. The highest BCUT2D eigenvalue weighted by atomic mass is 35.5. The fraction of sp³-hybridized carbons (Fsp3) is 0.152. The number of anilines is 1. The Morgan fingerprint density at radius 2 is 1.69 bits per heavy atom. The zero-order valence-electron chi connectivity index (χ0n) is 24.4. The van der Waals surface area contributed by atoms with Crippen LogP contribution in [0.5, 0.6) is 0 Å². The van der Waals surface area contributed by atoms with Gasteiger partial charge in [-0.15, -0.1) is 0 Å². The number of hydrogen-bond donors (Lipinski definition) is 0. The van der Waals surface area contributed by atoms with Crippen molar-refractivity contribution in [2.45, 2.75) is 31.8 Å². The van der Waals surface area contributed by atoms with Crippen molar-refractivity contribution in [3.8, 4) is 0 Å². The van der Waals surface area contributed by atoms with Crippen LogP contribution in [0.1, 0.15) is 29.6 Å². The lowest BCUT2D eigenvalue weighted by Crippen LogP contribution is -2.30. The summed E-state index contributed by atoms with van der Waals surface area (Å²) in [5.74, 6) is -1.66. The molecule has 0 spiro atoms. The highest BCUT2D eigenvalue weighted by Gasteiger charge is 2.39. The molecule has 5 rings (SSSR count). The zero-order chi connectivity index (χ0) is 32.5. The van der Waals surface area contributed by atoms with Crippen LogP contribution in [-0.2, 0) is 37.4 Å². The summed E-state index contributed by atoms with van der Waals surface area (Å²) in [5, 5.41) is 0.617. The smallest absolute Gasteiger partial charge is 0.340 e. The fourth-order valence-corrected chi connectivity index (χ4v) is 6.62. The van der Waals surface area contributed by atoms with Gasteiger partial charge in [-0.3, -0.25) is 9.69 Å². The lowest BCUT2D eigenvalue weighted by Gasteiger charge is -2.22. The maximum atomic E-state index is 14.7. The van der Waals surface area contributed by atoms with Crippen molar-refractivity contribution >= 4 is 56.9 Å². The molecule has 0 N–H and O–H groups in total. The van der Waals surface area contributed by atoms with Crippen molar-refractivity contribution in [3.05, 3.63) is 134 Å². The van der Waals surface area contributed by atoms with Crippen molar-refractivity contribution in [2.24, 2.45) is 0 Å². The molecule has 8 nitrogen and oxygen atoms in total. The molecule has 0 aliphatic carbocycles. The van der Waals surface area contributed by atoms with E-state index in [2.05, 4.69) is 0 Å². The van der Waals surface area contributed by atoms with E-state index in [-0.39, 0.29) is 57.1 Å². The second-order valence-electron chi connectivity index (χ2n) is 10.2. The molecule has 0 radical (unpaired) electrons. The van der Waals surface area contributed by atoms with Crippen LogP contribution in [0.15, 0.2) is 105 Å². The Balaban J connectivity index is 1.50. The second kappa shape index (κ2) is 13.0. The highest BCUT2D eigenvalue weighted by Crippen LogP contribution is 2.37. The van der Waals surface area contributed by atoms with Gasteiger partial charge in [0.25, 0.3) is 5.91 Å². The number of esters is 1. The Morgan fingerprint density at radius 1 is 0.978 bits per heavy atom. The fourth-order valence-electron chi connectivity index (χ4n) is 4.90. The molecule has 1 aliphatic heterocycles. The number of allylic oxidation sites excluding steroid dienone is 1. The minimum absolute atomic E-state index is 0.0239. The standard InChI is InChI=1S/C33H27Cl2FN2O6S/c1-20-8-13-25(14-9-20)45(41,42)37(18-22-10-15-27(34)28(35)16-22)19-24-12-11-23(44-24)17-26-31(33(40)43-3)21(2)38(32(26)39)30-7-5-4-6-29(30)36/h4-17H,18-19H2,1-3H3/b26-17+. The molecule has 0 saturated heterocycles. The molecule has 1 amide bonds. The molecule has 232 valence electrons. The molecule has 0 fully saturated rings. The summed E-state index contributed by atoms with van der Waals surface area (Å²) in [6.45, 7) is 3.15. The zero-order valence-corrected chi connectivity index (χ0v) is 26.7. The van der Waals surface area contributed by atoms with Crippen molar-refractivity contribution in [1.29, 1.82) is 0 Å². The summed E-state index contributed by atoms with van der Waals surface area (Å²) in [5.41, 5.74) is 1.55. The van der Waals surface area contributed by atoms with Gasteiger partial charge < -0.3 is 9.15 Å². The van der Waals surface area contributed by atoms with Gasteiger partial charge in [0.15, 0.2) is 0 Å². The van der Waals surface area contributed by atoms with Crippen LogP contribution < -0.4 is 4.90 Å². The molecule has 0 atom stereocenters. The Labute approximate surface area is 270 Å². The maximum Gasteiger partial charge on any atom is 0.340 e. The average molecular weight is 670 g/mol. The average Bonchev–Trinajstić information content (AvgIpc) is 3.55. The lowest BCUT2D eigenvalue weighted by atomic mass is 10.1. The number of nitrogens with zero attached hydrogens (tertiary/aromatic N) is 2. The summed E-state index contributed by atoms with van der Waals surface area (Å²) < 4.78 is 54.4. The van der Waals surface area contributed by atoms with Gasteiger partial charge in [-0.1, -0.05) is 59.1 Å². The van der Waals surface area contributed by atoms with E-state index in [4.69, 9.17) is 32.4 Å². The molecule has 2 heterocycles. The van der Waals surface area contributed by atoms with Crippen LogP contribution in [0, 0.1) is 12.7 Å². The minimum atomic E-state index is -4.01. The lowest BCUT2D eigenvalue weighted by molar-refractivity contribution is -0.136. The van der Waals surface area contributed by atoms with Crippen LogP contribution in [-0.4, -0.2) is 31.7 Å². The number of furan rings is 1. The van der Waals surface area contributed by atoms with E-state index in [1.165, 1.54) is 54.7 Å². The number of ether oxygens (including phenoxy) is 1. The highest BCUT2D eigenvalue weighted by molar-refractivity contribution is 7.89. The quantitative estimate of drug-likeness (QED) is 0.137. The first-order chi connectivity index (χ1) is 21.4. The molecule has 0 saturated carbocycles. The number of methoxy groups -OCH3 is 1. The number of hydrogen-bond acceptors (Lipinski definition) is 6. The molecule has 3 aromatic carbocycles. The normalized spacial score (nSPS) is 14.6. The van der Waals surface area contributed by atoms with Gasteiger partial charge >= 0.3 is 5.97 Å². The van der Waals surface area contributed by atoms with E-state index in [1.807, 2.05) is 6.92 Å². The van der Waals surface area contributed by atoms with Crippen molar-refractivity contribution in [2.75, 3.05) is 12.0 Å². The molecule has 45 heavy (non-hydrogen) atoms. The van der Waals surface area contributed by atoms with Gasteiger partial charge in [0.2, 0.25) is 10.0 Å². The molecule has 0 unspecified atom stereocenters. The monoisotopic (exact) mass is 668 g/mol. The number of carbonyl (C=O) groups excluding carboxylic acids is 2. The molecule has 0 bridgehead atoms. The number of sulfonamides is 1. The Kier molecular flexibility index (Phi) is 9.31. The number of carbonyl (C=O) groups is 2. The number of para-hydroxylation sites is 1. The first-order valence-electron chi connectivity index (χ1n) is 13.6. The Morgan fingerprint density at radius 3 is 2.36 bits per heavy atom. The first-order valence-corrected chi connectivity index (χ1v) is 15.8. The topological polar surface area (TPSA) is 97.1 Å². The second-order valence-corrected chi connectivity index (χ2v) is 13.0. The number of benzene rings is 3. The van der Waals surface area contributed by atoms with Crippen LogP contribution in [0.2, 0.25) is 10.0 Å². The van der Waals surface area contributed by atoms with Gasteiger partial charge in [-0.2, -0.15) is 4.31 Å². The molecular weight excluding hydrogens is 642 g/mol. The first kappa shape index (κ1) is 32.2. The van der Waals surface area contributed by atoms with Gasteiger partial charge in [0.1, 0.15) is 17.3 Å². The number of amides is 1. The van der Waals surface area contributed by atoms with E-state index < -0.39 is 27.7 Å². The minimum Gasteiger partial charge on any atom is -0.465 e. The Hall–Kier alpha value is -4.22. The number of aryl methyl sites for hydroxylation is 1. The van der Waals surface area contributed by atoms with Crippen molar-refractivity contribution < 1.29 is 31.6 Å². The summed E-state index contributed by atoms with van der Waals surface area (Å²) in [4.78, 5) is 27.5. The van der Waals surface area contributed by atoms with Gasteiger partial charge in [0.05, 0.1) is 45.4 Å². The van der Waals surface area contributed by atoms with E-state index in [1.54, 1.807) is 48.5 Å². The van der Waals surface area contributed by atoms with E-state index in [9.17, 15) is 22.4 Å². The van der Waals surface area contributed by atoms with E-state index in [0.29, 0.717) is 10.6 Å². The molecule has 1 aromatic heterocycles. The molecule has 12 heteroatoms. The van der Waals surface area contributed by atoms with Crippen molar-refractivity contribution in [3.63, 3.8) is 0 Å². The van der Waals surface area contributed by atoms with Crippen molar-refractivity contribution in [1.82, 2.24) is 4.31 Å². The Bertz CT molecular complexity index is 1970. The van der Waals surface area contributed by atoms with Gasteiger partial charge in [0, 0.05) is 12.2 Å². The van der Waals surface area contributed by atoms with E-state index in [0.717, 1.165) is 10.5 Å². The summed E-state index contributed by atoms with van der Waals surface area (Å²) in [6, 6.07) is 20.2.